The van der Waals surface area contributed by atoms with Gasteiger partial charge in [-0.05, 0) is 66.1 Å². The minimum absolute atomic E-state index is 0.0515. The molecule has 7 nitrogen and oxygen atoms in total. The van der Waals surface area contributed by atoms with Crippen LogP contribution in [0.2, 0.25) is 0 Å². The van der Waals surface area contributed by atoms with Crippen LogP contribution in [0.4, 0.5) is 4.79 Å². The summed E-state index contributed by atoms with van der Waals surface area (Å²) in [5.74, 6) is 0.597. The second-order valence-electron chi connectivity index (χ2n) is 9.09. The molecule has 0 saturated carbocycles. The summed E-state index contributed by atoms with van der Waals surface area (Å²) in [5, 5.41) is 13.1. The number of rotatable bonds is 5. The third-order valence-electron chi connectivity index (χ3n) is 4.97. The van der Waals surface area contributed by atoms with Gasteiger partial charge in [-0.3, -0.25) is 0 Å². The average Bonchev–Trinajstić information content (AvgIpc) is 2.78. The number of nitrogens with one attached hydrogen (secondary N) is 1. The summed E-state index contributed by atoms with van der Waals surface area (Å²) in [7, 11) is 0.849. The molecule has 0 spiro atoms. The monoisotopic (exact) mass is 405 g/mol. The number of phenolic OH excluding ortho intramolecular Hbond substituents is 1. The van der Waals surface area contributed by atoms with Crippen molar-refractivity contribution < 1.29 is 28.7 Å². The van der Waals surface area contributed by atoms with Crippen molar-refractivity contribution in [2.75, 3.05) is 13.7 Å². The molecule has 0 radical (unpaired) electrons. The Labute approximate surface area is 173 Å². The molecule has 0 aromatic heterocycles. The Morgan fingerprint density at radius 2 is 1.79 bits per heavy atom. The van der Waals surface area contributed by atoms with Crippen molar-refractivity contribution in [1.29, 1.82) is 0 Å². The van der Waals surface area contributed by atoms with Crippen LogP contribution in [-0.4, -0.2) is 48.8 Å². The van der Waals surface area contributed by atoms with Gasteiger partial charge in [0.05, 0.1) is 18.3 Å². The number of phenols is 1. The highest BCUT2D eigenvalue weighted by molar-refractivity contribution is 6.56. The Morgan fingerprint density at radius 3 is 2.28 bits per heavy atom. The van der Waals surface area contributed by atoms with Gasteiger partial charge in [-0.1, -0.05) is 6.08 Å². The Bertz CT molecular complexity index is 766. The molecule has 1 aliphatic rings. The van der Waals surface area contributed by atoms with E-state index in [1.165, 1.54) is 13.2 Å². The molecule has 1 fully saturated rings. The van der Waals surface area contributed by atoms with Gasteiger partial charge in [0.2, 0.25) is 0 Å². The van der Waals surface area contributed by atoms with Gasteiger partial charge in [0.15, 0.2) is 0 Å². The van der Waals surface area contributed by atoms with E-state index in [-0.39, 0.29) is 12.3 Å². The number of benzene rings is 1. The molecule has 1 aromatic rings. The largest absolute Gasteiger partial charge is 0.507 e. The molecular formula is C21H32BNO6. The maximum atomic E-state index is 12.1. The van der Waals surface area contributed by atoms with Crippen molar-refractivity contribution in [3.63, 3.8) is 0 Å². The minimum Gasteiger partial charge on any atom is -0.507 e. The Hall–Kier alpha value is -2.19. The van der Waals surface area contributed by atoms with E-state index in [4.69, 9.17) is 18.8 Å². The molecule has 0 atom stereocenters. The lowest BCUT2D eigenvalue weighted by molar-refractivity contribution is 0.00578. The van der Waals surface area contributed by atoms with Gasteiger partial charge in [0.1, 0.15) is 17.1 Å². The predicted octanol–water partition coefficient (Wildman–Crippen LogP) is 3.94. The Kier molecular flexibility index (Phi) is 6.60. The smallest absolute Gasteiger partial charge is 0.492 e. The van der Waals surface area contributed by atoms with Crippen LogP contribution in [0.3, 0.4) is 0 Å². The van der Waals surface area contributed by atoms with Crippen molar-refractivity contribution in [2.45, 2.75) is 65.3 Å². The quantitative estimate of drug-likeness (QED) is 0.722. The van der Waals surface area contributed by atoms with Crippen LogP contribution in [0, 0.1) is 0 Å². The average molecular weight is 405 g/mol. The summed E-state index contributed by atoms with van der Waals surface area (Å²) < 4.78 is 22.7. The molecule has 29 heavy (non-hydrogen) atoms. The molecule has 1 amide bonds. The van der Waals surface area contributed by atoms with Crippen LogP contribution < -0.4 is 10.1 Å². The molecule has 2 rings (SSSR count). The van der Waals surface area contributed by atoms with Gasteiger partial charge in [-0.25, -0.2) is 4.79 Å². The topological polar surface area (TPSA) is 86.3 Å². The Balaban J connectivity index is 2.30. The highest BCUT2D eigenvalue weighted by atomic mass is 16.7. The van der Waals surface area contributed by atoms with E-state index in [0.717, 1.165) is 0 Å². The standard InChI is InChI=1S/C21H32BNO6/c1-19(2,3)27-18(25)23-13-15(22-28-20(4,5)21(6,7)29-22)11-14-9-10-16(26-8)12-17(14)24/h9-12,24H,13H2,1-8H3,(H,23,25). The predicted molar refractivity (Wildman–Crippen MR) is 113 cm³/mol. The molecule has 1 aromatic carbocycles. The second-order valence-corrected chi connectivity index (χ2v) is 9.09. The number of amides is 1. The molecule has 0 bridgehead atoms. The van der Waals surface area contributed by atoms with E-state index >= 15 is 0 Å². The maximum Gasteiger partial charge on any atom is 0.492 e. The first-order valence-electron chi connectivity index (χ1n) is 9.64. The van der Waals surface area contributed by atoms with E-state index in [1.54, 1.807) is 39.0 Å². The molecule has 0 unspecified atom stereocenters. The van der Waals surface area contributed by atoms with Crippen molar-refractivity contribution in [3.05, 3.63) is 29.2 Å². The van der Waals surface area contributed by atoms with Crippen LogP contribution in [-0.2, 0) is 14.0 Å². The van der Waals surface area contributed by atoms with Gasteiger partial charge >= 0.3 is 13.2 Å². The van der Waals surface area contributed by atoms with E-state index in [0.29, 0.717) is 16.8 Å². The fourth-order valence-corrected chi connectivity index (χ4v) is 2.66. The second kappa shape index (κ2) is 8.28. The number of methoxy groups -OCH3 is 1. The van der Waals surface area contributed by atoms with Gasteiger partial charge in [-0.2, -0.15) is 0 Å². The van der Waals surface area contributed by atoms with E-state index in [1.807, 2.05) is 27.7 Å². The molecule has 0 aliphatic carbocycles. The first-order valence-corrected chi connectivity index (χ1v) is 9.64. The van der Waals surface area contributed by atoms with Crippen LogP contribution in [0.25, 0.3) is 6.08 Å². The number of aromatic hydroxyl groups is 1. The molecule has 1 saturated heterocycles. The lowest BCUT2D eigenvalue weighted by atomic mass is 9.77. The van der Waals surface area contributed by atoms with Gasteiger partial charge in [0.25, 0.3) is 0 Å². The summed E-state index contributed by atoms with van der Waals surface area (Å²) in [6, 6.07) is 5.00. The third kappa shape index (κ3) is 5.90. The summed E-state index contributed by atoms with van der Waals surface area (Å²) in [5.41, 5.74) is -0.474. The number of hydrogen-bond donors (Lipinski definition) is 2. The Morgan fingerprint density at radius 1 is 1.21 bits per heavy atom. The number of carbonyl (C=O) groups excluding carboxylic acids is 1. The van der Waals surface area contributed by atoms with Crippen molar-refractivity contribution in [1.82, 2.24) is 5.32 Å². The number of carbonyl (C=O) groups is 1. The molecule has 1 heterocycles. The minimum atomic E-state index is -0.684. The maximum absolute atomic E-state index is 12.1. The lowest BCUT2D eigenvalue weighted by Crippen LogP contribution is -2.41. The highest BCUT2D eigenvalue weighted by Gasteiger charge is 2.52. The lowest BCUT2D eigenvalue weighted by Gasteiger charge is -2.32. The van der Waals surface area contributed by atoms with E-state index in [9.17, 15) is 9.90 Å². The van der Waals surface area contributed by atoms with Crippen molar-refractivity contribution >= 4 is 19.3 Å². The fourth-order valence-electron chi connectivity index (χ4n) is 2.66. The molecule has 8 heteroatoms. The summed E-state index contributed by atoms with van der Waals surface area (Å²) in [4.78, 5) is 12.1. The van der Waals surface area contributed by atoms with Crippen LogP contribution >= 0.6 is 0 Å². The van der Waals surface area contributed by atoms with Gasteiger partial charge in [-0.15, -0.1) is 0 Å². The van der Waals surface area contributed by atoms with Crippen molar-refractivity contribution in [2.24, 2.45) is 0 Å². The summed E-state index contributed by atoms with van der Waals surface area (Å²) in [6.45, 7) is 13.4. The summed E-state index contributed by atoms with van der Waals surface area (Å²) in [6.07, 6.45) is 1.20. The summed E-state index contributed by atoms with van der Waals surface area (Å²) >= 11 is 0. The van der Waals surface area contributed by atoms with Gasteiger partial charge in [0, 0.05) is 18.2 Å². The number of ether oxygens (including phenoxy) is 2. The van der Waals surface area contributed by atoms with E-state index < -0.39 is 30.0 Å². The van der Waals surface area contributed by atoms with Crippen molar-refractivity contribution in [3.8, 4) is 11.5 Å². The normalized spacial score (nSPS) is 18.5. The fraction of sp³-hybridized carbons (Fsp3) is 0.571. The van der Waals surface area contributed by atoms with Crippen LogP contribution in [0.15, 0.2) is 23.7 Å². The SMILES string of the molecule is COc1ccc(C=C(CNC(=O)OC(C)(C)C)B2OC(C)(C)C(C)(C)O2)c(O)c1. The zero-order valence-electron chi connectivity index (χ0n) is 18.6. The number of alkyl carbamates (subject to hydrolysis) is 1. The third-order valence-corrected chi connectivity index (χ3v) is 4.97. The highest BCUT2D eigenvalue weighted by Crippen LogP contribution is 2.39. The first kappa shape index (κ1) is 23.1. The van der Waals surface area contributed by atoms with E-state index in [2.05, 4.69) is 5.32 Å². The van der Waals surface area contributed by atoms with Gasteiger partial charge < -0.3 is 29.2 Å². The molecule has 1 aliphatic heterocycles. The molecular weight excluding hydrogens is 373 g/mol. The zero-order valence-corrected chi connectivity index (χ0v) is 18.6. The first-order chi connectivity index (χ1) is 13.2. The van der Waals surface area contributed by atoms with Crippen LogP contribution in [0.1, 0.15) is 54.0 Å². The number of hydrogen-bond acceptors (Lipinski definition) is 6. The molecule has 2 N–H and O–H groups in total. The van der Waals surface area contributed by atoms with Crippen LogP contribution in [0.5, 0.6) is 11.5 Å². The molecule has 160 valence electrons. The zero-order chi connectivity index (χ0) is 22.0.